The summed E-state index contributed by atoms with van der Waals surface area (Å²) in [5.41, 5.74) is 2.43. The first kappa shape index (κ1) is 16.5. The van der Waals surface area contributed by atoms with Gasteiger partial charge < -0.3 is 14.0 Å². The van der Waals surface area contributed by atoms with Crippen LogP contribution >= 0.6 is 0 Å². The first-order valence-electron chi connectivity index (χ1n) is 9.30. The fourth-order valence-electron chi connectivity index (χ4n) is 4.29. The number of piperidine rings is 1. The summed E-state index contributed by atoms with van der Waals surface area (Å²) >= 11 is 0. The molecule has 4 heterocycles. The van der Waals surface area contributed by atoms with Gasteiger partial charge in [-0.15, -0.1) is 0 Å². The van der Waals surface area contributed by atoms with Gasteiger partial charge in [-0.1, -0.05) is 18.2 Å². The second-order valence-corrected chi connectivity index (χ2v) is 7.40. The maximum absolute atomic E-state index is 13.0. The minimum absolute atomic E-state index is 0.0661. The third kappa shape index (κ3) is 2.83. The van der Waals surface area contributed by atoms with Crippen molar-refractivity contribution in [1.82, 2.24) is 19.7 Å². The number of fused-ring (bicyclic) bond motifs is 3. The highest BCUT2D eigenvalue weighted by atomic mass is 16.5. The number of benzene rings is 1. The molecule has 0 radical (unpaired) electrons. The number of hydrogen-bond acceptors (Lipinski definition) is 5. The number of H-pyrrole nitrogens is 1. The lowest BCUT2D eigenvalue weighted by atomic mass is 9.92. The lowest BCUT2D eigenvalue weighted by Crippen LogP contribution is -2.56. The molecule has 0 aliphatic carbocycles. The molecule has 3 aromatic rings. The Kier molecular flexibility index (Phi) is 3.98. The van der Waals surface area contributed by atoms with Crippen LogP contribution in [0.2, 0.25) is 0 Å². The van der Waals surface area contributed by atoms with E-state index in [2.05, 4.69) is 22.1 Å². The van der Waals surface area contributed by atoms with Gasteiger partial charge in [-0.25, -0.2) is 4.79 Å². The second kappa shape index (κ2) is 6.51. The number of ether oxygens (including phenoxy) is 2. The van der Waals surface area contributed by atoms with Gasteiger partial charge in [-0.2, -0.15) is 5.10 Å². The van der Waals surface area contributed by atoms with Crippen LogP contribution in [0.25, 0.3) is 16.6 Å². The van der Waals surface area contributed by atoms with E-state index >= 15 is 0 Å². The molecule has 1 N–H and O–H groups in total. The lowest BCUT2D eigenvalue weighted by molar-refractivity contribution is -0.0970. The van der Waals surface area contributed by atoms with Crippen molar-refractivity contribution in [3.63, 3.8) is 0 Å². The fraction of sp³-hybridized carbons (Fsp3) is 0.400. The molecule has 5 rings (SSSR count). The molecule has 140 valence electrons. The number of likely N-dealkylation sites (N-methyl/N-ethyl adjacent to an activating group) is 1. The van der Waals surface area contributed by atoms with E-state index in [0.29, 0.717) is 30.9 Å². The minimum Gasteiger partial charge on any atom is -0.459 e. The summed E-state index contributed by atoms with van der Waals surface area (Å²) in [5, 5.41) is 7.72. The standard InChI is InChI=1S/C20H22N4O3/c1-23-13-6-16(7-14(23)12-26-11-13)27-20(25)18-10-24(15-8-21-22-9-15)19-5-3-2-4-17(18)19/h2-5,8-10,13-14,16H,6-7,11-12H2,1H3,(H,21,22). The van der Waals surface area contributed by atoms with Gasteiger partial charge in [0.15, 0.2) is 0 Å². The molecule has 2 fully saturated rings. The smallest absolute Gasteiger partial charge is 0.340 e. The highest BCUT2D eigenvalue weighted by Crippen LogP contribution is 2.30. The van der Waals surface area contributed by atoms with Crippen molar-refractivity contribution < 1.29 is 14.3 Å². The molecule has 27 heavy (non-hydrogen) atoms. The molecule has 7 heteroatoms. The largest absolute Gasteiger partial charge is 0.459 e. The molecule has 2 atom stereocenters. The van der Waals surface area contributed by atoms with Gasteiger partial charge in [0.25, 0.3) is 0 Å². The SMILES string of the molecule is CN1C2COCC1CC(OC(=O)c1cn(-c3cn[nH]c3)c3ccccc13)C2. The van der Waals surface area contributed by atoms with Crippen LogP contribution in [-0.2, 0) is 9.47 Å². The average Bonchev–Trinajstić information content (AvgIpc) is 3.30. The van der Waals surface area contributed by atoms with Gasteiger partial charge in [0.1, 0.15) is 6.10 Å². The van der Waals surface area contributed by atoms with Crippen molar-refractivity contribution >= 4 is 16.9 Å². The van der Waals surface area contributed by atoms with Crippen molar-refractivity contribution in [3.8, 4) is 5.69 Å². The molecule has 0 spiro atoms. The zero-order chi connectivity index (χ0) is 18.4. The summed E-state index contributed by atoms with van der Waals surface area (Å²) < 4.78 is 13.6. The molecular weight excluding hydrogens is 344 g/mol. The first-order valence-corrected chi connectivity index (χ1v) is 9.30. The fourth-order valence-corrected chi connectivity index (χ4v) is 4.29. The van der Waals surface area contributed by atoms with Crippen molar-refractivity contribution in [1.29, 1.82) is 0 Å². The highest BCUT2D eigenvalue weighted by molar-refractivity contribution is 6.05. The van der Waals surface area contributed by atoms with E-state index in [-0.39, 0.29) is 12.1 Å². The normalized spacial score (nSPS) is 25.6. The zero-order valence-corrected chi connectivity index (χ0v) is 15.2. The maximum atomic E-state index is 13.0. The average molecular weight is 366 g/mol. The number of rotatable bonds is 3. The van der Waals surface area contributed by atoms with Crippen LogP contribution in [0.5, 0.6) is 0 Å². The number of esters is 1. The summed E-state index contributed by atoms with van der Waals surface area (Å²) in [6.07, 6.45) is 6.96. The molecule has 2 aromatic heterocycles. The third-order valence-corrected chi connectivity index (χ3v) is 5.81. The Hall–Kier alpha value is -2.64. The number of para-hydroxylation sites is 1. The predicted molar refractivity (Wildman–Crippen MR) is 100 cm³/mol. The van der Waals surface area contributed by atoms with E-state index in [9.17, 15) is 4.79 Å². The summed E-state index contributed by atoms with van der Waals surface area (Å²) in [7, 11) is 2.13. The van der Waals surface area contributed by atoms with E-state index < -0.39 is 0 Å². The van der Waals surface area contributed by atoms with Gasteiger partial charge in [-0.3, -0.25) is 10.00 Å². The van der Waals surface area contributed by atoms with E-state index in [1.54, 1.807) is 12.4 Å². The first-order chi connectivity index (χ1) is 13.2. The van der Waals surface area contributed by atoms with Gasteiger partial charge in [0.2, 0.25) is 0 Å². The Labute approximate surface area is 156 Å². The molecule has 2 aliphatic rings. The number of aromatic nitrogens is 3. The van der Waals surface area contributed by atoms with Crippen LogP contribution in [0.15, 0.2) is 42.9 Å². The Morgan fingerprint density at radius 1 is 1.26 bits per heavy atom. The molecule has 2 bridgehead atoms. The van der Waals surface area contributed by atoms with E-state index in [1.807, 2.05) is 35.0 Å². The molecular formula is C20H22N4O3. The van der Waals surface area contributed by atoms with Crippen molar-refractivity contribution in [2.45, 2.75) is 31.0 Å². The number of nitrogens with one attached hydrogen (secondary N) is 1. The number of carbonyl (C=O) groups is 1. The molecule has 0 amide bonds. The van der Waals surface area contributed by atoms with Gasteiger partial charge in [0, 0.05) is 42.7 Å². The molecule has 7 nitrogen and oxygen atoms in total. The number of aromatic amines is 1. The number of carbonyl (C=O) groups excluding carboxylic acids is 1. The van der Waals surface area contributed by atoms with Crippen LogP contribution in [0.4, 0.5) is 0 Å². The van der Waals surface area contributed by atoms with Crippen LogP contribution in [-0.4, -0.2) is 64.1 Å². The van der Waals surface area contributed by atoms with Crippen LogP contribution in [0.3, 0.4) is 0 Å². The molecule has 2 unspecified atom stereocenters. The number of hydrogen-bond donors (Lipinski definition) is 1. The maximum Gasteiger partial charge on any atom is 0.340 e. The van der Waals surface area contributed by atoms with E-state index in [0.717, 1.165) is 29.4 Å². The number of morpholine rings is 1. The monoisotopic (exact) mass is 366 g/mol. The third-order valence-electron chi connectivity index (χ3n) is 5.81. The van der Waals surface area contributed by atoms with Gasteiger partial charge in [-0.05, 0) is 13.1 Å². The summed E-state index contributed by atoms with van der Waals surface area (Å²) in [6, 6.07) is 8.50. The summed E-state index contributed by atoms with van der Waals surface area (Å²) in [5.74, 6) is -0.262. The second-order valence-electron chi connectivity index (χ2n) is 7.40. The zero-order valence-electron chi connectivity index (χ0n) is 15.2. The minimum atomic E-state index is -0.262. The summed E-state index contributed by atoms with van der Waals surface area (Å²) in [6.45, 7) is 1.42. The predicted octanol–water partition coefficient (Wildman–Crippen LogP) is 2.37. The molecule has 2 saturated heterocycles. The number of nitrogens with zero attached hydrogens (tertiary/aromatic N) is 3. The molecule has 0 saturated carbocycles. The van der Waals surface area contributed by atoms with Crippen LogP contribution in [0.1, 0.15) is 23.2 Å². The molecule has 2 aliphatic heterocycles. The van der Waals surface area contributed by atoms with Crippen molar-refractivity contribution in [2.75, 3.05) is 20.3 Å². The quantitative estimate of drug-likeness (QED) is 0.721. The van der Waals surface area contributed by atoms with Gasteiger partial charge in [0.05, 0.1) is 36.2 Å². The van der Waals surface area contributed by atoms with Gasteiger partial charge >= 0.3 is 5.97 Å². The highest BCUT2D eigenvalue weighted by Gasteiger charge is 2.38. The van der Waals surface area contributed by atoms with Crippen molar-refractivity contribution in [3.05, 3.63) is 48.4 Å². The Bertz CT molecular complexity index is 951. The Morgan fingerprint density at radius 3 is 2.78 bits per heavy atom. The summed E-state index contributed by atoms with van der Waals surface area (Å²) in [4.78, 5) is 15.4. The topological polar surface area (TPSA) is 72.4 Å². The Balaban J connectivity index is 1.43. The van der Waals surface area contributed by atoms with E-state index in [1.165, 1.54) is 0 Å². The molecule has 1 aromatic carbocycles. The Morgan fingerprint density at radius 2 is 2.04 bits per heavy atom. The van der Waals surface area contributed by atoms with Crippen LogP contribution in [0, 0.1) is 0 Å². The van der Waals surface area contributed by atoms with Crippen molar-refractivity contribution in [2.24, 2.45) is 0 Å². The van der Waals surface area contributed by atoms with E-state index in [4.69, 9.17) is 9.47 Å². The lowest BCUT2D eigenvalue weighted by Gasteiger charge is -2.46. The van der Waals surface area contributed by atoms with Crippen LogP contribution < -0.4 is 0 Å².